The highest BCUT2D eigenvalue weighted by atomic mass is 32.2. The van der Waals surface area contributed by atoms with Crippen LogP contribution in [0.2, 0.25) is 0 Å². The van der Waals surface area contributed by atoms with Crippen LogP contribution in [0, 0.1) is 5.92 Å². The van der Waals surface area contributed by atoms with Crippen molar-refractivity contribution in [1.29, 1.82) is 0 Å². The van der Waals surface area contributed by atoms with E-state index in [1.807, 2.05) is 12.1 Å². The first-order valence-corrected chi connectivity index (χ1v) is 15.3. The van der Waals surface area contributed by atoms with Crippen molar-refractivity contribution in [3.05, 3.63) is 64.7 Å². The Morgan fingerprint density at radius 3 is 2.31 bits per heavy atom. The van der Waals surface area contributed by atoms with Crippen molar-refractivity contribution in [3.63, 3.8) is 0 Å². The number of sulfone groups is 1. The van der Waals surface area contributed by atoms with Crippen molar-refractivity contribution >= 4 is 15.7 Å². The van der Waals surface area contributed by atoms with E-state index in [9.17, 15) is 31.5 Å². The van der Waals surface area contributed by atoms with Gasteiger partial charge in [0.25, 0.3) is 5.91 Å². The smallest absolute Gasteiger partial charge is 0.391 e. The number of nitrogens with zero attached hydrogens (tertiary/aromatic N) is 1. The van der Waals surface area contributed by atoms with Gasteiger partial charge < -0.3 is 10.4 Å². The van der Waals surface area contributed by atoms with Crippen LogP contribution in [0.15, 0.2) is 47.4 Å². The Balaban J connectivity index is 1.47. The van der Waals surface area contributed by atoms with Crippen molar-refractivity contribution in [2.45, 2.75) is 81.6 Å². The van der Waals surface area contributed by atoms with E-state index in [1.165, 1.54) is 17.7 Å². The first-order valence-electron chi connectivity index (χ1n) is 13.6. The molecule has 2 aromatic rings. The van der Waals surface area contributed by atoms with Crippen molar-refractivity contribution in [1.82, 2.24) is 10.2 Å². The van der Waals surface area contributed by atoms with Gasteiger partial charge in [0.15, 0.2) is 9.84 Å². The Morgan fingerprint density at radius 2 is 1.74 bits per heavy atom. The molecule has 39 heavy (non-hydrogen) atoms. The Morgan fingerprint density at radius 1 is 1.08 bits per heavy atom. The van der Waals surface area contributed by atoms with Gasteiger partial charge in [-0.1, -0.05) is 32.0 Å². The molecule has 0 bridgehead atoms. The van der Waals surface area contributed by atoms with Crippen molar-refractivity contribution in [2.75, 3.05) is 18.9 Å². The van der Waals surface area contributed by atoms with Crippen molar-refractivity contribution < 1.29 is 31.5 Å². The SMILES string of the molecule is CC[C@H]1CN(C2CCC(C(F)(F)F)CC2)Cc2cc(C(=O)NC(CO)c3ccc(S(=O)(=O)CC)cc3)ccc21. The van der Waals surface area contributed by atoms with E-state index in [1.54, 1.807) is 25.1 Å². The van der Waals surface area contributed by atoms with E-state index in [2.05, 4.69) is 17.1 Å². The molecule has 4 rings (SSSR count). The predicted octanol–water partition coefficient (Wildman–Crippen LogP) is 5.37. The molecule has 1 aliphatic heterocycles. The number of halogens is 3. The largest absolute Gasteiger partial charge is 0.394 e. The fourth-order valence-corrected chi connectivity index (χ4v) is 6.78. The first-order chi connectivity index (χ1) is 18.5. The lowest BCUT2D eigenvalue weighted by molar-refractivity contribution is -0.184. The Hall–Kier alpha value is -2.43. The zero-order valence-corrected chi connectivity index (χ0v) is 23.2. The lowest BCUT2D eigenvalue weighted by Crippen LogP contribution is -2.44. The number of hydrogen-bond acceptors (Lipinski definition) is 5. The lowest BCUT2D eigenvalue weighted by Gasteiger charge is -2.42. The van der Waals surface area contributed by atoms with Crippen molar-refractivity contribution in [2.24, 2.45) is 5.92 Å². The number of fused-ring (bicyclic) bond motifs is 1. The van der Waals surface area contributed by atoms with Crippen LogP contribution in [-0.2, 0) is 16.4 Å². The van der Waals surface area contributed by atoms with Crippen LogP contribution in [0.3, 0.4) is 0 Å². The average molecular weight is 567 g/mol. The summed E-state index contributed by atoms with van der Waals surface area (Å²) in [6, 6.07) is 11.1. The van der Waals surface area contributed by atoms with Gasteiger partial charge in [-0.05, 0) is 79.0 Å². The van der Waals surface area contributed by atoms with E-state index >= 15 is 0 Å². The van der Waals surface area contributed by atoms with E-state index in [4.69, 9.17) is 0 Å². The summed E-state index contributed by atoms with van der Waals surface area (Å²) in [5, 5.41) is 12.8. The van der Waals surface area contributed by atoms with E-state index < -0.39 is 28.0 Å². The molecular formula is C29H37F3N2O4S. The second-order valence-corrected chi connectivity index (χ2v) is 13.0. The minimum atomic E-state index is -4.13. The number of aliphatic hydroxyl groups excluding tert-OH is 1. The number of rotatable bonds is 8. The minimum absolute atomic E-state index is 0.0179. The molecule has 1 aliphatic carbocycles. The Kier molecular flexibility index (Phi) is 9.08. The maximum atomic E-state index is 13.2. The molecule has 2 atom stereocenters. The summed E-state index contributed by atoms with van der Waals surface area (Å²) in [7, 11) is -3.36. The Bertz CT molecular complexity index is 1260. The highest BCUT2D eigenvalue weighted by molar-refractivity contribution is 7.91. The molecular weight excluding hydrogens is 529 g/mol. The molecule has 2 N–H and O–H groups in total. The normalized spacial score (nSPS) is 23.2. The van der Waals surface area contributed by atoms with Gasteiger partial charge in [-0.25, -0.2) is 8.42 Å². The third-order valence-corrected chi connectivity index (χ3v) is 10.1. The zero-order valence-electron chi connectivity index (χ0n) is 22.4. The number of alkyl halides is 3. The second kappa shape index (κ2) is 12.0. The molecule has 1 fully saturated rings. The quantitative estimate of drug-likeness (QED) is 0.449. The average Bonchev–Trinajstić information content (AvgIpc) is 2.94. The van der Waals surface area contributed by atoms with Crippen LogP contribution in [0.4, 0.5) is 13.2 Å². The Labute approximate surface area is 228 Å². The third kappa shape index (κ3) is 6.66. The summed E-state index contributed by atoms with van der Waals surface area (Å²) >= 11 is 0. The minimum Gasteiger partial charge on any atom is -0.394 e. The summed E-state index contributed by atoms with van der Waals surface area (Å²) in [5.41, 5.74) is 3.20. The molecule has 1 unspecified atom stereocenters. The van der Waals surface area contributed by atoms with Crippen LogP contribution >= 0.6 is 0 Å². The van der Waals surface area contributed by atoms with Gasteiger partial charge in [0.2, 0.25) is 0 Å². The van der Waals surface area contributed by atoms with E-state index in [0.29, 0.717) is 30.5 Å². The number of benzene rings is 2. The molecule has 0 spiro atoms. The van der Waals surface area contributed by atoms with Crippen LogP contribution in [0.25, 0.3) is 0 Å². The molecule has 10 heteroatoms. The molecule has 1 saturated carbocycles. The number of hydrogen-bond donors (Lipinski definition) is 2. The van der Waals surface area contributed by atoms with E-state index in [0.717, 1.165) is 18.5 Å². The van der Waals surface area contributed by atoms with Crippen LogP contribution in [0.5, 0.6) is 0 Å². The van der Waals surface area contributed by atoms with Crippen LogP contribution in [-0.4, -0.2) is 55.5 Å². The number of aliphatic hydroxyl groups is 1. The monoisotopic (exact) mass is 566 g/mol. The van der Waals surface area contributed by atoms with Crippen LogP contribution < -0.4 is 5.32 Å². The van der Waals surface area contributed by atoms with Gasteiger partial charge in [0.05, 0.1) is 29.2 Å². The fourth-order valence-electron chi connectivity index (χ4n) is 5.89. The molecule has 1 amide bonds. The zero-order chi connectivity index (χ0) is 28.4. The molecule has 0 saturated heterocycles. The lowest BCUT2D eigenvalue weighted by atomic mass is 9.81. The van der Waals surface area contributed by atoms with E-state index in [-0.39, 0.29) is 48.0 Å². The summed E-state index contributed by atoms with van der Waals surface area (Å²) in [6.45, 7) is 4.70. The maximum absolute atomic E-state index is 13.2. The number of nitrogens with one attached hydrogen (secondary N) is 1. The third-order valence-electron chi connectivity index (χ3n) is 8.35. The van der Waals surface area contributed by atoms with Crippen molar-refractivity contribution in [3.8, 4) is 0 Å². The standard InChI is InChI=1S/C29H37F3N2O4S/c1-3-19-16-34(24-10-8-23(9-11-24)29(30,31)32)17-22-15-21(7-14-26(19)22)28(36)33-27(18-35)20-5-12-25(13-6-20)39(37,38)4-2/h5-7,12-15,19,23-24,27,35H,3-4,8-11,16-18H2,1-2H3,(H,33,36)/t19-,23?,24?,27?/m0/s1. The molecule has 2 aliphatic rings. The van der Waals surface area contributed by atoms with Gasteiger partial charge in [-0.2, -0.15) is 13.2 Å². The maximum Gasteiger partial charge on any atom is 0.391 e. The highest BCUT2D eigenvalue weighted by Crippen LogP contribution is 2.41. The number of carbonyl (C=O) groups is 1. The topological polar surface area (TPSA) is 86.7 Å². The second-order valence-electron chi connectivity index (χ2n) is 10.7. The molecule has 2 aromatic carbocycles. The first kappa shape index (κ1) is 29.6. The molecule has 6 nitrogen and oxygen atoms in total. The molecule has 1 heterocycles. The molecule has 0 radical (unpaired) electrons. The van der Waals surface area contributed by atoms with Crippen LogP contribution in [0.1, 0.15) is 85.0 Å². The van der Waals surface area contributed by atoms with Gasteiger partial charge in [-0.3, -0.25) is 9.69 Å². The van der Waals surface area contributed by atoms with Gasteiger partial charge in [-0.15, -0.1) is 0 Å². The summed E-state index contributed by atoms with van der Waals surface area (Å²) < 4.78 is 63.6. The predicted molar refractivity (Wildman–Crippen MR) is 143 cm³/mol. The summed E-state index contributed by atoms with van der Waals surface area (Å²) in [5.74, 6) is -1.35. The summed E-state index contributed by atoms with van der Waals surface area (Å²) in [6.07, 6.45) is -1.88. The summed E-state index contributed by atoms with van der Waals surface area (Å²) in [4.78, 5) is 15.6. The van der Waals surface area contributed by atoms with Gasteiger partial charge >= 0.3 is 6.18 Å². The van der Waals surface area contributed by atoms with Gasteiger partial charge in [0, 0.05) is 24.7 Å². The molecule has 0 aromatic heterocycles. The number of carbonyl (C=O) groups excluding carboxylic acids is 1. The fraction of sp³-hybridized carbons (Fsp3) is 0.552. The highest BCUT2D eigenvalue weighted by Gasteiger charge is 2.42. The van der Waals surface area contributed by atoms with Gasteiger partial charge in [0.1, 0.15) is 0 Å². The number of amides is 1. The molecule has 214 valence electrons.